The van der Waals surface area contributed by atoms with Crippen molar-refractivity contribution in [1.82, 2.24) is 4.90 Å². The lowest BCUT2D eigenvalue weighted by Gasteiger charge is -2.26. The van der Waals surface area contributed by atoms with Gasteiger partial charge < -0.3 is 5.11 Å². The van der Waals surface area contributed by atoms with Crippen molar-refractivity contribution >= 4 is 15.8 Å². The van der Waals surface area contributed by atoms with Crippen molar-refractivity contribution in [3.8, 4) is 0 Å². The number of hydrogen-bond donors (Lipinski definition) is 1. The van der Waals surface area contributed by atoms with E-state index in [0.29, 0.717) is 6.42 Å². The van der Waals surface area contributed by atoms with Gasteiger partial charge in [-0.15, -0.1) is 0 Å². The van der Waals surface area contributed by atoms with Crippen LogP contribution in [0.1, 0.15) is 13.3 Å². The lowest BCUT2D eigenvalue weighted by molar-refractivity contribution is -0.142. The van der Waals surface area contributed by atoms with Gasteiger partial charge in [0, 0.05) is 6.04 Å². The van der Waals surface area contributed by atoms with E-state index in [1.165, 1.54) is 0 Å². The third kappa shape index (κ3) is 2.45. The molecule has 1 N–H and O–H groups in total. The molecule has 1 heterocycles. The van der Waals surface area contributed by atoms with Crippen molar-refractivity contribution in [2.75, 3.05) is 18.6 Å². The van der Waals surface area contributed by atoms with Crippen molar-refractivity contribution < 1.29 is 18.3 Å². The van der Waals surface area contributed by atoms with Crippen LogP contribution in [0.3, 0.4) is 0 Å². The van der Waals surface area contributed by atoms with Gasteiger partial charge >= 0.3 is 5.97 Å². The molecule has 1 aliphatic heterocycles. The second kappa shape index (κ2) is 3.86. The number of hydrogen-bond acceptors (Lipinski definition) is 4. The van der Waals surface area contributed by atoms with Crippen LogP contribution in [0.4, 0.5) is 0 Å². The quantitative estimate of drug-likeness (QED) is 0.700. The van der Waals surface area contributed by atoms with E-state index in [1.54, 1.807) is 18.9 Å². The number of aliphatic carboxylic acids is 1. The SMILES string of the molecule is CC(C(=O)O)N(C)C1CCS(=O)(=O)C1. The number of carboxylic acid groups (broad SMARTS) is 1. The highest BCUT2D eigenvalue weighted by molar-refractivity contribution is 7.91. The van der Waals surface area contributed by atoms with Gasteiger partial charge in [-0.2, -0.15) is 0 Å². The van der Waals surface area contributed by atoms with E-state index in [2.05, 4.69) is 0 Å². The van der Waals surface area contributed by atoms with Crippen LogP contribution in [0.15, 0.2) is 0 Å². The first kappa shape index (κ1) is 11.5. The average molecular weight is 221 g/mol. The fraction of sp³-hybridized carbons (Fsp3) is 0.875. The number of sulfone groups is 1. The molecule has 1 rings (SSSR count). The molecule has 0 bridgehead atoms. The monoisotopic (exact) mass is 221 g/mol. The number of nitrogens with zero attached hydrogens (tertiary/aromatic N) is 1. The molecule has 0 aromatic carbocycles. The number of rotatable bonds is 3. The highest BCUT2D eigenvalue weighted by Crippen LogP contribution is 2.18. The van der Waals surface area contributed by atoms with Gasteiger partial charge in [-0.3, -0.25) is 9.69 Å². The molecule has 0 radical (unpaired) electrons. The first-order valence-corrected chi connectivity index (χ1v) is 6.31. The maximum Gasteiger partial charge on any atom is 0.320 e. The largest absolute Gasteiger partial charge is 0.480 e. The lowest BCUT2D eigenvalue weighted by Crippen LogP contribution is -2.43. The van der Waals surface area contributed by atoms with Crippen LogP contribution < -0.4 is 0 Å². The summed E-state index contributed by atoms with van der Waals surface area (Å²) in [5.41, 5.74) is 0. The van der Waals surface area contributed by atoms with Gasteiger partial charge in [0.25, 0.3) is 0 Å². The van der Waals surface area contributed by atoms with E-state index >= 15 is 0 Å². The Morgan fingerprint density at radius 3 is 2.50 bits per heavy atom. The molecule has 0 saturated carbocycles. The normalized spacial score (nSPS) is 27.8. The summed E-state index contributed by atoms with van der Waals surface area (Å²) < 4.78 is 22.3. The molecule has 0 spiro atoms. The van der Waals surface area contributed by atoms with Gasteiger partial charge in [-0.05, 0) is 20.4 Å². The predicted molar refractivity (Wildman–Crippen MR) is 51.9 cm³/mol. The molecular weight excluding hydrogens is 206 g/mol. The van der Waals surface area contributed by atoms with Crippen LogP contribution in [0.25, 0.3) is 0 Å². The zero-order valence-electron chi connectivity index (χ0n) is 8.30. The average Bonchev–Trinajstić information content (AvgIpc) is 2.43. The first-order valence-electron chi connectivity index (χ1n) is 4.48. The Morgan fingerprint density at radius 2 is 2.14 bits per heavy atom. The Balaban J connectivity index is 2.64. The van der Waals surface area contributed by atoms with Gasteiger partial charge in [0.1, 0.15) is 6.04 Å². The van der Waals surface area contributed by atoms with Crippen molar-refractivity contribution in [2.24, 2.45) is 0 Å². The number of carbonyl (C=O) groups is 1. The summed E-state index contributed by atoms with van der Waals surface area (Å²) in [5.74, 6) is -0.660. The third-order valence-electron chi connectivity index (χ3n) is 2.75. The second-order valence-electron chi connectivity index (χ2n) is 3.74. The Kier molecular flexibility index (Phi) is 3.16. The Morgan fingerprint density at radius 1 is 1.57 bits per heavy atom. The van der Waals surface area contributed by atoms with E-state index in [4.69, 9.17) is 5.11 Å². The van der Waals surface area contributed by atoms with Crippen LogP contribution in [0.5, 0.6) is 0 Å². The zero-order chi connectivity index (χ0) is 10.9. The Labute approximate surface area is 83.6 Å². The predicted octanol–water partition coefficient (Wildman–Crippen LogP) is -0.422. The highest BCUT2D eigenvalue weighted by atomic mass is 32.2. The summed E-state index contributed by atoms with van der Waals surface area (Å²) in [6, 6.07) is -0.778. The topological polar surface area (TPSA) is 74.7 Å². The van der Waals surface area contributed by atoms with Crippen molar-refractivity contribution in [2.45, 2.75) is 25.4 Å². The standard InChI is InChI=1S/C8H15NO4S/c1-6(8(10)11)9(2)7-3-4-14(12,13)5-7/h6-7H,3-5H2,1-2H3,(H,10,11). The second-order valence-corrected chi connectivity index (χ2v) is 5.97. The minimum Gasteiger partial charge on any atom is -0.480 e. The molecule has 0 amide bonds. The first-order chi connectivity index (χ1) is 6.33. The molecule has 5 nitrogen and oxygen atoms in total. The van der Waals surface area contributed by atoms with Gasteiger partial charge in [0.05, 0.1) is 11.5 Å². The van der Waals surface area contributed by atoms with Crippen molar-refractivity contribution in [3.63, 3.8) is 0 Å². The fourth-order valence-electron chi connectivity index (χ4n) is 1.59. The summed E-state index contributed by atoms with van der Waals surface area (Å²) in [6.45, 7) is 1.56. The van der Waals surface area contributed by atoms with E-state index in [9.17, 15) is 13.2 Å². The van der Waals surface area contributed by atoms with Crippen LogP contribution in [0.2, 0.25) is 0 Å². The van der Waals surface area contributed by atoms with Gasteiger partial charge in [0.2, 0.25) is 0 Å². The molecular formula is C8H15NO4S. The summed E-state index contributed by atoms with van der Waals surface area (Å²) in [6.07, 6.45) is 0.538. The number of carboxylic acids is 1. The Bertz CT molecular complexity index is 324. The lowest BCUT2D eigenvalue weighted by atomic mass is 10.2. The van der Waals surface area contributed by atoms with Crippen molar-refractivity contribution in [3.05, 3.63) is 0 Å². The van der Waals surface area contributed by atoms with Crippen LogP contribution in [0, 0.1) is 0 Å². The minimum absolute atomic E-state index is 0.0844. The molecule has 1 fully saturated rings. The summed E-state index contributed by atoms with van der Waals surface area (Å²) in [5, 5.41) is 8.75. The van der Waals surface area contributed by atoms with Crippen LogP contribution in [-0.2, 0) is 14.6 Å². The molecule has 0 aliphatic carbocycles. The smallest absolute Gasteiger partial charge is 0.320 e. The van der Waals surface area contributed by atoms with Gasteiger partial charge in [-0.25, -0.2) is 8.42 Å². The van der Waals surface area contributed by atoms with Gasteiger partial charge in [-0.1, -0.05) is 0 Å². The van der Waals surface area contributed by atoms with E-state index < -0.39 is 21.8 Å². The molecule has 0 aromatic rings. The molecule has 6 heteroatoms. The maximum absolute atomic E-state index is 11.2. The van der Waals surface area contributed by atoms with Crippen molar-refractivity contribution in [1.29, 1.82) is 0 Å². The molecule has 1 aliphatic rings. The highest BCUT2D eigenvalue weighted by Gasteiger charge is 2.34. The third-order valence-corrected chi connectivity index (χ3v) is 4.50. The molecule has 82 valence electrons. The minimum atomic E-state index is -2.93. The molecule has 2 atom stereocenters. The summed E-state index contributed by atoms with van der Waals surface area (Å²) in [7, 11) is -1.28. The zero-order valence-corrected chi connectivity index (χ0v) is 9.12. The summed E-state index contributed by atoms with van der Waals surface area (Å²) in [4.78, 5) is 12.3. The molecule has 1 saturated heterocycles. The summed E-state index contributed by atoms with van der Waals surface area (Å²) >= 11 is 0. The fourth-order valence-corrected chi connectivity index (χ4v) is 3.37. The molecule has 14 heavy (non-hydrogen) atoms. The van der Waals surface area contributed by atoms with Crippen LogP contribution in [-0.4, -0.2) is 55.0 Å². The van der Waals surface area contributed by atoms with E-state index in [0.717, 1.165) is 0 Å². The van der Waals surface area contributed by atoms with E-state index in [-0.39, 0.29) is 17.5 Å². The maximum atomic E-state index is 11.2. The molecule has 0 aromatic heterocycles. The molecule has 2 unspecified atom stereocenters. The number of likely N-dealkylation sites (N-methyl/N-ethyl adjacent to an activating group) is 1. The van der Waals surface area contributed by atoms with Gasteiger partial charge in [0.15, 0.2) is 9.84 Å². The van der Waals surface area contributed by atoms with Crippen LogP contribution >= 0.6 is 0 Å². The van der Waals surface area contributed by atoms with E-state index in [1.807, 2.05) is 0 Å². The Hall–Kier alpha value is -0.620.